The highest BCUT2D eigenvalue weighted by Crippen LogP contribution is 2.08. The summed E-state index contributed by atoms with van der Waals surface area (Å²) in [5.74, 6) is -2.48. The van der Waals surface area contributed by atoms with E-state index in [-0.39, 0.29) is 13.2 Å². The molecule has 0 aliphatic rings. The molecule has 8 nitrogen and oxygen atoms in total. The Morgan fingerprint density at radius 2 is 0.950 bits per heavy atom. The fraction of sp³-hybridized carbons (Fsp3) is 0.667. The summed E-state index contributed by atoms with van der Waals surface area (Å²) < 4.78 is 19.3. The third kappa shape index (κ3) is 8.90. The van der Waals surface area contributed by atoms with E-state index in [1.54, 1.807) is 0 Å². The quantitative estimate of drug-likeness (QED) is 0.475. The second-order valence-corrected chi connectivity index (χ2v) is 3.90. The summed E-state index contributed by atoms with van der Waals surface area (Å²) in [5.41, 5.74) is 0. The van der Waals surface area contributed by atoms with Gasteiger partial charge in [-0.25, -0.2) is 0 Å². The average Bonchev–Trinajstić information content (AvgIpc) is 2.28. The molecule has 114 valence electrons. The molecule has 0 aliphatic carbocycles. The van der Waals surface area contributed by atoms with Gasteiger partial charge in [-0.05, 0) is 0 Å². The first-order valence-corrected chi connectivity index (χ1v) is 5.83. The number of carbonyl (C=O) groups is 4. The Kier molecular flexibility index (Phi) is 7.95. The lowest BCUT2D eigenvalue weighted by Gasteiger charge is -2.25. The molecule has 0 spiro atoms. The van der Waals surface area contributed by atoms with Gasteiger partial charge in [0.15, 0.2) is 12.2 Å². The molecule has 0 saturated carbocycles. The Balaban J connectivity index is 4.83. The van der Waals surface area contributed by atoms with Crippen LogP contribution in [0.4, 0.5) is 0 Å². The van der Waals surface area contributed by atoms with Gasteiger partial charge in [0, 0.05) is 27.7 Å². The molecule has 0 unspecified atom stereocenters. The Morgan fingerprint density at radius 1 is 0.650 bits per heavy atom. The van der Waals surface area contributed by atoms with Crippen LogP contribution < -0.4 is 0 Å². The van der Waals surface area contributed by atoms with Crippen molar-refractivity contribution in [3.8, 4) is 0 Å². The van der Waals surface area contributed by atoms with Crippen LogP contribution in [0.3, 0.4) is 0 Å². The molecule has 0 heterocycles. The zero-order valence-electron chi connectivity index (χ0n) is 11.8. The van der Waals surface area contributed by atoms with Gasteiger partial charge >= 0.3 is 23.9 Å². The highest BCUT2D eigenvalue weighted by molar-refractivity contribution is 5.68. The van der Waals surface area contributed by atoms with E-state index < -0.39 is 36.1 Å². The van der Waals surface area contributed by atoms with Crippen LogP contribution in [-0.2, 0) is 38.1 Å². The van der Waals surface area contributed by atoms with Gasteiger partial charge in [-0.2, -0.15) is 0 Å². The molecule has 0 N–H and O–H groups in total. The predicted molar refractivity (Wildman–Crippen MR) is 64.4 cm³/mol. The summed E-state index contributed by atoms with van der Waals surface area (Å²) in [5, 5.41) is 0. The number of carbonyl (C=O) groups excluding carboxylic acids is 4. The third-order valence-corrected chi connectivity index (χ3v) is 1.95. The Labute approximate surface area is 116 Å². The molecule has 8 heteroatoms. The summed E-state index contributed by atoms with van der Waals surface area (Å²) in [4.78, 5) is 43.6. The molecule has 0 aromatic heterocycles. The van der Waals surface area contributed by atoms with E-state index in [0.29, 0.717) is 0 Å². The van der Waals surface area contributed by atoms with Gasteiger partial charge in [-0.3, -0.25) is 19.2 Å². The van der Waals surface area contributed by atoms with Crippen molar-refractivity contribution in [1.82, 2.24) is 0 Å². The first kappa shape index (κ1) is 17.9. The number of ether oxygens (including phenoxy) is 4. The van der Waals surface area contributed by atoms with Gasteiger partial charge in [0.05, 0.1) is 0 Å². The fourth-order valence-corrected chi connectivity index (χ4v) is 1.26. The molecule has 0 amide bonds. The Bertz CT molecular complexity index is 340. The molecule has 0 rings (SSSR count). The first-order valence-electron chi connectivity index (χ1n) is 5.83. The van der Waals surface area contributed by atoms with E-state index in [2.05, 4.69) is 0 Å². The minimum atomic E-state index is -1.06. The van der Waals surface area contributed by atoms with Gasteiger partial charge in [0.25, 0.3) is 0 Å². The van der Waals surface area contributed by atoms with E-state index >= 15 is 0 Å². The topological polar surface area (TPSA) is 105 Å². The molecule has 2 atom stereocenters. The van der Waals surface area contributed by atoms with Crippen molar-refractivity contribution in [3.05, 3.63) is 0 Å². The summed E-state index contributed by atoms with van der Waals surface area (Å²) in [6, 6.07) is 0. The SMILES string of the molecule is CC(=O)OC[C@H](OC(C)=O)[C@@H](COC(C)=O)OC(C)=O. The molecule has 0 saturated heterocycles. The largest absolute Gasteiger partial charge is 0.462 e. The summed E-state index contributed by atoms with van der Waals surface area (Å²) in [7, 11) is 0. The molecule has 0 radical (unpaired) electrons. The van der Waals surface area contributed by atoms with Crippen LogP contribution in [0, 0.1) is 0 Å². The van der Waals surface area contributed by atoms with Crippen molar-refractivity contribution in [2.24, 2.45) is 0 Å². The normalized spacial score (nSPS) is 12.8. The lowest BCUT2D eigenvalue weighted by molar-refractivity contribution is -0.179. The molecular weight excluding hydrogens is 272 g/mol. The van der Waals surface area contributed by atoms with Crippen LogP contribution in [0.25, 0.3) is 0 Å². The smallest absolute Gasteiger partial charge is 0.303 e. The minimum Gasteiger partial charge on any atom is -0.462 e. The second kappa shape index (κ2) is 8.89. The van der Waals surface area contributed by atoms with E-state index in [9.17, 15) is 19.2 Å². The van der Waals surface area contributed by atoms with Gasteiger partial charge in [-0.1, -0.05) is 0 Å². The van der Waals surface area contributed by atoms with Crippen LogP contribution in [0.15, 0.2) is 0 Å². The van der Waals surface area contributed by atoms with E-state index in [0.717, 1.165) is 13.8 Å². The molecule has 20 heavy (non-hydrogen) atoms. The Morgan fingerprint density at radius 3 is 1.15 bits per heavy atom. The lowest BCUT2D eigenvalue weighted by atomic mass is 10.2. The molecule has 0 aromatic rings. The first-order chi connectivity index (χ1) is 9.22. The van der Waals surface area contributed by atoms with Crippen LogP contribution in [-0.4, -0.2) is 49.3 Å². The zero-order chi connectivity index (χ0) is 15.7. The van der Waals surface area contributed by atoms with Crippen molar-refractivity contribution in [2.75, 3.05) is 13.2 Å². The molecule has 0 aliphatic heterocycles. The van der Waals surface area contributed by atoms with Crippen LogP contribution in [0.1, 0.15) is 27.7 Å². The van der Waals surface area contributed by atoms with Crippen LogP contribution in [0.5, 0.6) is 0 Å². The molecule has 0 bridgehead atoms. The average molecular weight is 290 g/mol. The predicted octanol–water partition coefficient (Wildman–Crippen LogP) is -0.0240. The highest BCUT2D eigenvalue weighted by atomic mass is 16.6. The fourth-order valence-electron chi connectivity index (χ4n) is 1.26. The van der Waals surface area contributed by atoms with E-state index in [4.69, 9.17) is 18.9 Å². The van der Waals surface area contributed by atoms with Gasteiger partial charge in [-0.15, -0.1) is 0 Å². The van der Waals surface area contributed by atoms with Crippen molar-refractivity contribution in [3.63, 3.8) is 0 Å². The van der Waals surface area contributed by atoms with E-state index in [1.807, 2.05) is 0 Å². The highest BCUT2D eigenvalue weighted by Gasteiger charge is 2.29. The number of hydrogen-bond acceptors (Lipinski definition) is 8. The summed E-state index contributed by atoms with van der Waals surface area (Å²) in [6.07, 6.45) is -2.11. The molecule has 0 aromatic carbocycles. The maximum atomic E-state index is 11.0. The van der Waals surface area contributed by atoms with Gasteiger partial charge < -0.3 is 18.9 Å². The standard InChI is InChI=1S/C12H18O8/c1-7(13)17-5-11(19-9(3)15)12(20-10(4)16)6-18-8(2)14/h11-12H,5-6H2,1-4H3/t11-,12+. The number of rotatable bonds is 7. The maximum absolute atomic E-state index is 11.0. The van der Waals surface area contributed by atoms with E-state index in [1.165, 1.54) is 13.8 Å². The van der Waals surface area contributed by atoms with Crippen LogP contribution >= 0.6 is 0 Å². The monoisotopic (exact) mass is 290 g/mol. The molecule has 0 fully saturated rings. The Hall–Kier alpha value is -2.12. The van der Waals surface area contributed by atoms with Crippen molar-refractivity contribution < 1.29 is 38.1 Å². The summed E-state index contributed by atoms with van der Waals surface area (Å²) in [6.45, 7) is 4.03. The molecular formula is C12H18O8. The number of hydrogen-bond donors (Lipinski definition) is 0. The lowest BCUT2D eigenvalue weighted by Crippen LogP contribution is -2.41. The van der Waals surface area contributed by atoms with Crippen LogP contribution in [0.2, 0.25) is 0 Å². The zero-order valence-corrected chi connectivity index (χ0v) is 11.8. The van der Waals surface area contributed by atoms with Crippen molar-refractivity contribution in [1.29, 1.82) is 0 Å². The van der Waals surface area contributed by atoms with Crippen molar-refractivity contribution >= 4 is 23.9 Å². The number of esters is 4. The van der Waals surface area contributed by atoms with Gasteiger partial charge in [0.1, 0.15) is 13.2 Å². The van der Waals surface area contributed by atoms with Gasteiger partial charge in [0.2, 0.25) is 0 Å². The summed E-state index contributed by atoms with van der Waals surface area (Å²) >= 11 is 0. The maximum Gasteiger partial charge on any atom is 0.303 e. The van der Waals surface area contributed by atoms with Crippen molar-refractivity contribution in [2.45, 2.75) is 39.9 Å². The third-order valence-electron chi connectivity index (χ3n) is 1.95. The minimum absolute atomic E-state index is 0.311. The second-order valence-electron chi connectivity index (χ2n) is 3.90.